The zero-order valence-corrected chi connectivity index (χ0v) is 19.0. The van der Waals surface area contributed by atoms with Crippen LogP contribution in [0.4, 0.5) is 5.69 Å². The van der Waals surface area contributed by atoms with Crippen LogP contribution in [0, 0.1) is 0 Å². The highest BCUT2D eigenvalue weighted by molar-refractivity contribution is 6.09. The van der Waals surface area contributed by atoms with E-state index in [1.807, 2.05) is 4.90 Å². The van der Waals surface area contributed by atoms with Crippen molar-refractivity contribution >= 4 is 34.2 Å². The van der Waals surface area contributed by atoms with E-state index in [9.17, 15) is 14.4 Å². The number of fused-ring (bicyclic) bond motifs is 2. The minimum atomic E-state index is -0.725. The van der Waals surface area contributed by atoms with Gasteiger partial charge in [-0.25, -0.2) is 0 Å². The Morgan fingerprint density at radius 1 is 0.882 bits per heavy atom. The van der Waals surface area contributed by atoms with Crippen LogP contribution in [0.15, 0.2) is 66.7 Å². The fourth-order valence-corrected chi connectivity index (χ4v) is 4.77. The summed E-state index contributed by atoms with van der Waals surface area (Å²) in [6, 6.07) is 21.0. The summed E-state index contributed by atoms with van der Waals surface area (Å²) in [6.07, 6.45) is 0.499. The predicted octanol–water partition coefficient (Wildman–Crippen LogP) is 3.01. The van der Waals surface area contributed by atoms with Crippen molar-refractivity contribution in [2.45, 2.75) is 25.4 Å². The van der Waals surface area contributed by atoms with Crippen molar-refractivity contribution in [3.63, 3.8) is 0 Å². The molecule has 0 spiro atoms. The molecule has 0 bridgehead atoms. The van der Waals surface area contributed by atoms with Gasteiger partial charge < -0.3 is 15.5 Å². The number of anilines is 1. The molecule has 0 aromatic heterocycles. The molecule has 7 heteroatoms. The highest BCUT2D eigenvalue weighted by atomic mass is 16.2. The molecule has 0 saturated carbocycles. The number of rotatable bonds is 5. The van der Waals surface area contributed by atoms with Gasteiger partial charge in [0.25, 0.3) is 5.91 Å². The quantitative estimate of drug-likeness (QED) is 0.619. The normalized spacial score (nSPS) is 18.7. The van der Waals surface area contributed by atoms with Crippen molar-refractivity contribution in [2.75, 3.05) is 31.5 Å². The lowest BCUT2D eigenvalue weighted by Gasteiger charge is -2.35. The highest BCUT2D eigenvalue weighted by Gasteiger charge is 2.29. The maximum absolute atomic E-state index is 12.8. The Kier molecular flexibility index (Phi) is 6.27. The molecule has 34 heavy (non-hydrogen) atoms. The third-order valence-corrected chi connectivity index (χ3v) is 6.70. The van der Waals surface area contributed by atoms with Crippen molar-refractivity contribution in [3.8, 4) is 0 Å². The minimum Gasteiger partial charge on any atom is -0.340 e. The molecular formula is C27H28N4O3. The Bertz CT molecular complexity index is 1230. The molecule has 3 aromatic carbocycles. The number of nitrogens with zero attached hydrogens (tertiary/aromatic N) is 2. The molecule has 1 fully saturated rings. The Balaban J connectivity index is 1.13. The average molecular weight is 457 g/mol. The Morgan fingerprint density at radius 2 is 1.62 bits per heavy atom. The van der Waals surface area contributed by atoms with E-state index in [4.69, 9.17) is 0 Å². The first kappa shape index (κ1) is 22.1. The topological polar surface area (TPSA) is 81.8 Å². The molecule has 0 unspecified atom stereocenters. The van der Waals surface area contributed by atoms with Crippen molar-refractivity contribution in [1.82, 2.24) is 15.1 Å². The molecule has 2 heterocycles. The van der Waals surface area contributed by atoms with Gasteiger partial charge in [-0.05, 0) is 34.9 Å². The molecule has 1 atom stereocenters. The average Bonchev–Trinajstić information content (AvgIpc) is 2.98. The van der Waals surface area contributed by atoms with Crippen LogP contribution in [0.5, 0.6) is 0 Å². The number of benzene rings is 3. The van der Waals surface area contributed by atoms with E-state index in [0.29, 0.717) is 24.3 Å². The smallest absolute Gasteiger partial charge is 0.254 e. The van der Waals surface area contributed by atoms with E-state index < -0.39 is 6.04 Å². The molecular weight excluding hydrogens is 428 g/mol. The Hall–Kier alpha value is -3.71. The summed E-state index contributed by atoms with van der Waals surface area (Å²) in [5.41, 5.74) is 2.24. The minimum absolute atomic E-state index is 0.0219. The molecule has 2 aliphatic heterocycles. The number of carbonyl (C=O) groups is 3. The van der Waals surface area contributed by atoms with Gasteiger partial charge in [-0.15, -0.1) is 0 Å². The van der Waals surface area contributed by atoms with Gasteiger partial charge in [0.05, 0.1) is 11.3 Å². The van der Waals surface area contributed by atoms with Crippen molar-refractivity contribution in [3.05, 3.63) is 77.9 Å². The molecule has 7 nitrogen and oxygen atoms in total. The van der Waals surface area contributed by atoms with E-state index in [1.165, 1.54) is 16.3 Å². The predicted molar refractivity (Wildman–Crippen MR) is 131 cm³/mol. The van der Waals surface area contributed by atoms with E-state index in [2.05, 4.69) is 58.0 Å². The third kappa shape index (κ3) is 4.65. The van der Waals surface area contributed by atoms with E-state index >= 15 is 0 Å². The molecule has 174 valence electrons. The summed E-state index contributed by atoms with van der Waals surface area (Å²) >= 11 is 0. The lowest BCUT2D eigenvalue weighted by atomic mass is 10.0. The van der Waals surface area contributed by atoms with Gasteiger partial charge in [-0.1, -0.05) is 54.6 Å². The van der Waals surface area contributed by atoms with Crippen LogP contribution in [0.3, 0.4) is 0 Å². The molecule has 0 aliphatic carbocycles. The summed E-state index contributed by atoms with van der Waals surface area (Å²) in [4.78, 5) is 42.1. The fraction of sp³-hybridized carbons (Fsp3) is 0.296. The summed E-state index contributed by atoms with van der Waals surface area (Å²) in [5.74, 6) is -0.562. The number of carbonyl (C=O) groups excluding carboxylic acids is 3. The van der Waals surface area contributed by atoms with E-state index in [0.717, 1.165) is 19.6 Å². The van der Waals surface area contributed by atoms with Crippen LogP contribution in [0.25, 0.3) is 10.8 Å². The van der Waals surface area contributed by atoms with Crippen molar-refractivity contribution < 1.29 is 14.4 Å². The van der Waals surface area contributed by atoms with Gasteiger partial charge in [0.2, 0.25) is 11.8 Å². The summed E-state index contributed by atoms with van der Waals surface area (Å²) in [5, 5.41) is 8.07. The standard InChI is InChI=1S/C27H28N4O3/c32-25(13-12-24-27(34)28-23-11-4-3-10-22(23)26(33)29-24)31-16-14-30(15-17-31)18-20-8-5-7-19-6-1-2-9-21(19)20/h1-11,24H,12-18H2,(H,28,34)(H,29,33)/t24-/m1/s1. The SMILES string of the molecule is O=C1N[C@H](CCC(=O)N2CCN(Cc3cccc4ccccc34)CC2)C(=O)Nc2ccccc21. The fourth-order valence-electron chi connectivity index (χ4n) is 4.77. The number of nitrogens with one attached hydrogen (secondary N) is 2. The first-order valence-electron chi connectivity index (χ1n) is 11.8. The van der Waals surface area contributed by atoms with Gasteiger partial charge in [0.15, 0.2) is 0 Å². The Labute approximate surface area is 198 Å². The summed E-state index contributed by atoms with van der Waals surface area (Å²) < 4.78 is 0. The second kappa shape index (κ2) is 9.65. The first-order valence-corrected chi connectivity index (χ1v) is 11.8. The molecule has 1 saturated heterocycles. The van der Waals surface area contributed by atoms with Gasteiger partial charge in [0, 0.05) is 39.1 Å². The molecule has 2 aliphatic rings. The number of piperazine rings is 1. The van der Waals surface area contributed by atoms with Crippen molar-refractivity contribution in [2.24, 2.45) is 0 Å². The maximum Gasteiger partial charge on any atom is 0.254 e. The molecule has 0 radical (unpaired) electrons. The second-order valence-electron chi connectivity index (χ2n) is 8.89. The van der Waals surface area contributed by atoms with Crippen LogP contribution in [0.2, 0.25) is 0 Å². The Morgan fingerprint density at radius 3 is 2.47 bits per heavy atom. The van der Waals surface area contributed by atoms with Gasteiger partial charge >= 0.3 is 0 Å². The first-order chi connectivity index (χ1) is 16.6. The number of hydrogen-bond acceptors (Lipinski definition) is 4. The molecule has 2 N–H and O–H groups in total. The van der Waals surface area contributed by atoms with Gasteiger partial charge in [-0.2, -0.15) is 0 Å². The third-order valence-electron chi connectivity index (χ3n) is 6.70. The molecule has 3 amide bonds. The number of hydrogen-bond donors (Lipinski definition) is 2. The van der Waals surface area contributed by atoms with E-state index in [1.54, 1.807) is 24.3 Å². The molecule has 3 aromatic rings. The summed E-state index contributed by atoms with van der Waals surface area (Å²) in [6.45, 7) is 3.81. The van der Waals surface area contributed by atoms with Crippen LogP contribution in [0.1, 0.15) is 28.8 Å². The highest BCUT2D eigenvalue weighted by Crippen LogP contribution is 2.22. The zero-order chi connectivity index (χ0) is 23.5. The van der Waals surface area contributed by atoms with Crippen LogP contribution in [-0.2, 0) is 16.1 Å². The van der Waals surface area contributed by atoms with E-state index in [-0.39, 0.29) is 30.6 Å². The zero-order valence-electron chi connectivity index (χ0n) is 19.0. The largest absolute Gasteiger partial charge is 0.340 e. The number of amides is 3. The molecule has 5 rings (SSSR count). The lowest BCUT2D eigenvalue weighted by Crippen LogP contribution is -2.49. The van der Waals surface area contributed by atoms with Gasteiger partial charge in [0.1, 0.15) is 6.04 Å². The van der Waals surface area contributed by atoms with Gasteiger partial charge in [-0.3, -0.25) is 19.3 Å². The van der Waals surface area contributed by atoms with Crippen molar-refractivity contribution in [1.29, 1.82) is 0 Å². The number of para-hydroxylation sites is 1. The lowest BCUT2D eigenvalue weighted by molar-refractivity contribution is -0.133. The summed E-state index contributed by atoms with van der Waals surface area (Å²) in [7, 11) is 0. The maximum atomic E-state index is 12.8. The van der Waals surface area contributed by atoms with Crippen LogP contribution in [-0.4, -0.2) is 59.7 Å². The van der Waals surface area contributed by atoms with Crippen LogP contribution >= 0.6 is 0 Å². The monoisotopic (exact) mass is 456 g/mol. The second-order valence-corrected chi connectivity index (χ2v) is 8.89. The van der Waals surface area contributed by atoms with Crippen LogP contribution < -0.4 is 10.6 Å².